The monoisotopic (exact) mass is 216 g/mol. The van der Waals surface area contributed by atoms with Crippen LogP contribution in [-0.2, 0) is 0 Å². The highest BCUT2D eigenvalue weighted by Crippen LogP contribution is 2.32. The van der Waals surface area contributed by atoms with Crippen LogP contribution in [0, 0.1) is 17.2 Å². The summed E-state index contributed by atoms with van der Waals surface area (Å²) in [6.07, 6.45) is 3.98. The molecule has 1 aromatic rings. The number of nitrogens with zero attached hydrogens (tertiary/aromatic N) is 4. The summed E-state index contributed by atoms with van der Waals surface area (Å²) in [7, 11) is 0. The van der Waals surface area contributed by atoms with Crippen molar-refractivity contribution < 1.29 is 0 Å². The molecular formula is C12H16N4. The minimum atomic E-state index is 0.561. The highest BCUT2D eigenvalue weighted by atomic mass is 15.3. The molecule has 0 atom stereocenters. The zero-order valence-corrected chi connectivity index (χ0v) is 9.72. The molecule has 1 aliphatic rings. The predicted molar refractivity (Wildman–Crippen MR) is 62.0 cm³/mol. The zero-order valence-electron chi connectivity index (χ0n) is 9.72. The van der Waals surface area contributed by atoms with Crippen LogP contribution < -0.4 is 4.90 Å². The maximum atomic E-state index is 9.06. The van der Waals surface area contributed by atoms with Crippen LogP contribution in [0.15, 0.2) is 12.3 Å². The van der Waals surface area contributed by atoms with E-state index in [-0.39, 0.29) is 0 Å². The third-order valence-electron chi connectivity index (χ3n) is 2.64. The Labute approximate surface area is 95.9 Å². The summed E-state index contributed by atoms with van der Waals surface area (Å²) in [5, 5.41) is 17.1. The Morgan fingerprint density at radius 2 is 2.31 bits per heavy atom. The molecule has 1 aliphatic carbocycles. The van der Waals surface area contributed by atoms with Crippen LogP contribution in [-0.4, -0.2) is 22.8 Å². The van der Waals surface area contributed by atoms with Gasteiger partial charge in [0.25, 0.3) is 0 Å². The van der Waals surface area contributed by atoms with Crippen LogP contribution in [0.4, 0.5) is 5.82 Å². The molecule has 4 heteroatoms. The van der Waals surface area contributed by atoms with E-state index in [0.717, 1.165) is 12.4 Å². The molecular weight excluding hydrogens is 200 g/mol. The molecule has 84 valence electrons. The lowest BCUT2D eigenvalue weighted by atomic mass is 10.2. The number of hydrogen-bond acceptors (Lipinski definition) is 4. The SMILES string of the molecule is CC(C)CN(c1nnccc1C#N)C1CC1. The first-order chi connectivity index (χ1) is 7.72. The van der Waals surface area contributed by atoms with Gasteiger partial charge in [-0.15, -0.1) is 5.10 Å². The van der Waals surface area contributed by atoms with Crippen molar-refractivity contribution in [3.8, 4) is 6.07 Å². The molecule has 0 spiro atoms. The Hall–Kier alpha value is -1.63. The quantitative estimate of drug-likeness (QED) is 0.772. The third kappa shape index (κ3) is 2.30. The number of rotatable bonds is 4. The standard InChI is InChI=1S/C12H16N4/c1-9(2)8-16(11-3-4-11)12-10(7-13)5-6-14-15-12/h5-6,9,11H,3-4,8H2,1-2H3. The normalized spacial score (nSPS) is 14.9. The van der Waals surface area contributed by atoms with E-state index in [1.165, 1.54) is 12.8 Å². The van der Waals surface area contributed by atoms with Crippen LogP contribution in [0.5, 0.6) is 0 Å². The summed E-state index contributed by atoms with van der Waals surface area (Å²) in [5.41, 5.74) is 0.627. The summed E-state index contributed by atoms with van der Waals surface area (Å²) in [6.45, 7) is 5.30. The van der Waals surface area contributed by atoms with Crippen molar-refractivity contribution >= 4 is 5.82 Å². The van der Waals surface area contributed by atoms with E-state index < -0.39 is 0 Å². The second-order valence-electron chi connectivity index (χ2n) is 4.66. The molecule has 0 radical (unpaired) electrons. The lowest BCUT2D eigenvalue weighted by Crippen LogP contribution is -2.31. The van der Waals surface area contributed by atoms with Crippen LogP contribution in [0.1, 0.15) is 32.3 Å². The Morgan fingerprint density at radius 1 is 1.56 bits per heavy atom. The van der Waals surface area contributed by atoms with Crippen LogP contribution in [0.2, 0.25) is 0 Å². The fraction of sp³-hybridized carbons (Fsp3) is 0.583. The molecule has 0 bridgehead atoms. The van der Waals surface area contributed by atoms with E-state index in [4.69, 9.17) is 5.26 Å². The van der Waals surface area contributed by atoms with Crippen LogP contribution in [0.3, 0.4) is 0 Å². The number of aromatic nitrogens is 2. The summed E-state index contributed by atoms with van der Waals surface area (Å²) in [4.78, 5) is 2.23. The van der Waals surface area contributed by atoms with Crippen molar-refractivity contribution in [2.24, 2.45) is 5.92 Å². The zero-order chi connectivity index (χ0) is 11.5. The number of nitriles is 1. The molecule has 0 saturated heterocycles. The Kier molecular flexibility index (Phi) is 3.04. The fourth-order valence-electron chi connectivity index (χ4n) is 1.81. The van der Waals surface area contributed by atoms with Gasteiger partial charge in [-0.1, -0.05) is 13.8 Å². The van der Waals surface area contributed by atoms with Crippen molar-refractivity contribution in [1.29, 1.82) is 5.26 Å². The van der Waals surface area contributed by atoms with Gasteiger partial charge in [-0.3, -0.25) is 0 Å². The number of anilines is 1. The fourth-order valence-corrected chi connectivity index (χ4v) is 1.81. The van der Waals surface area contributed by atoms with Crippen molar-refractivity contribution in [2.45, 2.75) is 32.7 Å². The summed E-state index contributed by atoms with van der Waals surface area (Å²) in [6, 6.07) is 4.48. The number of hydrogen-bond donors (Lipinski definition) is 0. The van der Waals surface area contributed by atoms with Gasteiger partial charge < -0.3 is 4.90 Å². The average Bonchev–Trinajstić information content (AvgIpc) is 3.09. The van der Waals surface area contributed by atoms with Crippen molar-refractivity contribution in [1.82, 2.24) is 10.2 Å². The van der Waals surface area contributed by atoms with E-state index in [1.54, 1.807) is 12.3 Å². The van der Waals surface area contributed by atoms with Gasteiger partial charge in [0.1, 0.15) is 6.07 Å². The minimum absolute atomic E-state index is 0.561. The molecule has 0 aliphatic heterocycles. The first-order valence-electron chi connectivity index (χ1n) is 5.70. The lowest BCUT2D eigenvalue weighted by molar-refractivity contribution is 0.599. The molecule has 2 rings (SSSR count). The van der Waals surface area contributed by atoms with Gasteiger partial charge in [-0.05, 0) is 24.8 Å². The predicted octanol–water partition coefficient (Wildman–Crippen LogP) is 1.97. The summed E-state index contributed by atoms with van der Waals surface area (Å²) < 4.78 is 0. The highest BCUT2D eigenvalue weighted by molar-refractivity contribution is 5.54. The maximum absolute atomic E-state index is 9.06. The van der Waals surface area contributed by atoms with Crippen molar-refractivity contribution in [2.75, 3.05) is 11.4 Å². The smallest absolute Gasteiger partial charge is 0.169 e. The second kappa shape index (κ2) is 4.48. The Balaban J connectivity index is 2.27. The minimum Gasteiger partial charge on any atom is -0.351 e. The molecule has 1 heterocycles. The first-order valence-corrected chi connectivity index (χ1v) is 5.70. The largest absolute Gasteiger partial charge is 0.351 e. The van der Waals surface area contributed by atoms with Gasteiger partial charge in [0.15, 0.2) is 5.82 Å². The summed E-state index contributed by atoms with van der Waals surface area (Å²) in [5.74, 6) is 1.32. The molecule has 0 amide bonds. The maximum Gasteiger partial charge on any atom is 0.169 e. The molecule has 1 saturated carbocycles. The van der Waals surface area contributed by atoms with E-state index in [1.807, 2.05) is 0 Å². The van der Waals surface area contributed by atoms with Gasteiger partial charge in [-0.2, -0.15) is 10.4 Å². The van der Waals surface area contributed by atoms with Gasteiger partial charge in [0.2, 0.25) is 0 Å². The topological polar surface area (TPSA) is 52.8 Å². The van der Waals surface area contributed by atoms with E-state index in [0.29, 0.717) is 17.5 Å². The van der Waals surface area contributed by atoms with Crippen molar-refractivity contribution in [3.05, 3.63) is 17.8 Å². The highest BCUT2D eigenvalue weighted by Gasteiger charge is 2.31. The average molecular weight is 216 g/mol. The van der Waals surface area contributed by atoms with E-state index in [2.05, 4.69) is 35.0 Å². The first kappa shape index (κ1) is 10.9. The third-order valence-corrected chi connectivity index (χ3v) is 2.64. The van der Waals surface area contributed by atoms with Gasteiger partial charge >= 0.3 is 0 Å². The Morgan fingerprint density at radius 3 is 2.88 bits per heavy atom. The molecule has 4 nitrogen and oxygen atoms in total. The van der Waals surface area contributed by atoms with Gasteiger partial charge in [-0.25, -0.2) is 0 Å². The van der Waals surface area contributed by atoms with Crippen molar-refractivity contribution in [3.63, 3.8) is 0 Å². The molecule has 0 unspecified atom stereocenters. The second-order valence-corrected chi connectivity index (χ2v) is 4.66. The van der Waals surface area contributed by atoms with Gasteiger partial charge in [0.05, 0.1) is 11.8 Å². The summed E-state index contributed by atoms with van der Waals surface area (Å²) >= 11 is 0. The molecule has 0 N–H and O–H groups in total. The van der Waals surface area contributed by atoms with E-state index in [9.17, 15) is 0 Å². The van der Waals surface area contributed by atoms with Crippen LogP contribution in [0.25, 0.3) is 0 Å². The lowest BCUT2D eigenvalue weighted by Gasteiger charge is -2.25. The van der Waals surface area contributed by atoms with Crippen LogP contribution >= 0.6 is 0 Å². The molecule has 1 fully saturated rings. The molecule has 0 aromatic carbocycles. The van der Waals surface area contributed by atoms with E-state index >= 15 is 0 Å². The molecule has 1 aromatic heterocycles. The Bertz CT molecular complexity index is 404. The van der Waals surface area contributed by atoms with Gasteiger partial charge in [0, 0.05) is 12.6 Å². The molecule has 16 heavy (non-hydrogen) atoms.